The zero-order valence-electron chi connectivity index (χ0n) is 15.6. The molecule has 0 N–H and O–H groups in total. The van der Waals surface area contributed by atoms with Crippen LogP contribution >= 0.6 is 0 Å². The fourth-order valence-electron chi connectivity index (χ4n) is 4.03. The van der Waals surface area contributed by atoms with Gasteiger partial charge in [0, 0.05) is 25.7 Å². The van der Waals surface area contributed by atoms with Crippen molar-refractivity contribution in [3.63, 3.8) is 0 Å². The highest BCUT2D eigenvalue weighted by Crippen LogP contribution is 2.35. The maximum atomic E-state index is 13.2. The smallest absolute Gasteiger partial charge is 0.243 e. The molecule has 1 aromatic rings. The van der Waals surface area contributed by atoms with Gasteiger partial charge in [0.05, 0.1) is 4.90 Å². The number of benzene rings is 1. The van der Waals surface area contributed by atoms with E-state index in [1.54, 1.807) is 6.07 Å². The zero-order chi connectivity index (χ0) is 19.0. The first kappa shape index (κ1) is 18.6. The fraction of sp³-hybridized carbons (Fsp3) is 0.632. The summed E-state index contributed by atoms with van der Waals surface area (Å²) in [4.78, 5) is 15.0. The van der Waals surface area contributed by atoms with Gasteiger partial charge in [-0.05, 0) is 43.7 Å². The number of likely N-dealkylation sites (tertiary alicyclic amines) is 1. The van der Waals surface area contributed by atoms with E-state index in [9.17, 15) is 13.2 Å². The van der Waals surface area contributed by atoms with Gasteiger partial charge in [-0.15, -0.1) is 0 Å². The maximum Gasteiger partial charge on any atom is 0.243 e. The molecule has 1 amide bonds. The molecule has 0 radical (unpaired) electrons. The summed E-state index contributed by atoms with van der Waals surface area (Å²) < 4.78 is 38.8. The lowest BCUT2D eigenvalue weighted by molar-refractivity contribution is -0.135. The molecule has 1 atom stereocenters. The lowest BCUT2D eigenvalue weighted by Gasteiger charge is -2.34. The number of amides is 1. The summed E-state index contributed by atoms with van der Waals surface area (Å²) in [7, 11) is -3.77. The van der Waals surface area contributed by atoms with Gasteiger partial charge in [-0.2, -0.15) is 4.31 Å². The number of carbonyl (C=O) groups excluding carboxylic acids is 1. The number of hydrogen-bond donors (Lipinski definition) is 0. The van der Waals surface area contributed by atoms with Crippen molar-refractivity contribution in [3.05, 3.63) is 18.2 Å². The van der Waals surface area contributed by atoms with Gasteiger partial charge < -0.3 is 14.4 Å². The number of hydrogen-bond acceptors (Lipinski definition) is 5. The first-order valence-electron chi connectivity index (χ1n) is 9.67. The highest BCUT2D eigenvalue weighted by Gasteiger charge is 2.41. The number of sulfonamides is 1. The molecule has 0 aliphatic carbocycles. The summed E-state index contributed by atoms with van der Waals surface area (Å²) in [6, 6.07) is 4.06. The predicted molar refractivity (Wildman–Crippen MR) is 99.3 cm³/mol. The molecule has 8 heteroatoms. The second-order valence-electron chi connectivity index (χ2n) is 7.59. The molecule has 0 aromatic heterocycles. The molecule has 2 saturated heterocycles. The molecule has 0 saturated carbocycles. The van der Waals surface area contributed by atoms with Crippen LogP contribution in [0.2, 0.25) is 0 Å². The number of carbonyl (C=O) groups is 1. The van der Waals surface area contributed by atoms with E-state index in [0.717, 1.165) is 12.8 Å². The molecule has 148 valence electrons. The number of nitrogens with zero attached hydrogens (tertiary/aromatic N) is 2. The van der Waals surface area contributed by atoms with Crippen LogP contribution in [0, 0.1) is 5.92 Å². The van der Waals surface area contributed by atoms with Crippen molar-refractivity contribution in [3.8, 4) is 11.5 Å². The van der Waals surface area contributed by atoms with Crippen molar-refractivity contribution in [1.29, 1.82) is 0 Å². The fourth-order valence-corrected chi connectivity index (χ4v) is 5.70. The predicted octanol–water partition coefficient (Wildman–Crippen LogP) is 1.87. The molecule has 0 bridgehead atoms. The molecule has 4 rings (SSSR count). The first-order chi connectivity index (χ1) is 13.0. The molecule has 3 aliphatic rings. The van der Waals surface area contributed by atoms with E-state index in [4.69, 9.17) is 9.47 Å². The Morgan fingerprint density at radius 2 is 1.74 bits per heavy atom. The van der Waals surface area contributed by atoms with Crippen molar-refractivity contribution in [2.24, 2.45) is 5.92 Å². The van der Waals surface area contributed by atoms with Crippen molar-refractivity contribution >= 4 is 15.9 Å². The van der Waals surface area contributed by atoms with Gasteiger partial charge in [0.1, 0.15) is 19.3 Å². The molecule has 27 heavy (non-hydrogen) atoms. The topological polar surface area (TPSA) is 76.2 Å². The summed E-state index contributed by atoms with van der Waals surface area (Å²) in [5, 5.41) is 0. The van der Waals surface area contributed by atoms with E-state index >= 15 is 0 Å². The van der Waals surface area contributed by atoms with Gasteiger partial charge in [0.15, 0.2) is 11.5 Å². The van der Waals surface area contributed by atoms with Crippen LogP contribution in [0.25, 0.3) is 0 Å². The SMILES string of the molecule is CC1CCN(C(=O)[C@@H]2CCCN2S(=O)(=O)c2ccc3c(c2)OCCO3)CC1. The van der Waals surface area contributed by atoms with Gasteiger partial charge in [-0.3, -0.25) is 4.79 Å². The third-order valence-electron chi connectivity index (χ3n) is 5.70. The lowest BCUT2D eigenvalue weighted by Crippen LogP contribution is -2.49. The Morgan fingerprint density at radius 1 is 1.04 bits per heavy atom. The Labute approximate surface area is 160 Å². The van der Waals surface area contributed by atoms with Crippen molar-refractivity contribution < 1.29 is 22.7 Å². The summed E-state index contributed by atoms with van der Waals surface area (Å²) >= 11 is 0. The second-order valence-corrected chi connectivity index (χ2v) is 9.48. The van der Waals surface area contributed by atoms with Gasteiger partial charge in [0.25, 0.3) is 0 Å². The Kier molecular flexibility index (Phi) is 5.03. The minimum absolute atomic E-state index is 0.0551. The first-order valence-corrected chi connectivity index (χ1v) is 11.1. The Hall–Kier alpha value is -1.80. The summed E-state index contributed by atoms with van der Waals surface area (Å²) in [5.41, 5.74) is 0. The summed E-state index contributed by atoms with van der Waals surface area (Å²) in [5.74, 6) is 1.56. The number of rotatable bonds is 3. The van der Waals surface area contributed by atoms with Crippen LogP contribution in [0.15, 0.2) is 23.1 Å². The van der Waals surface area contributed by atoms with E-state index in [1.807, 2.05) is 4.90 Å². The average Bonchev–Trinajstić information content (AvgIpc) is 3.18. The van der Waals surface area contributed by atoms with Gasteiger partial charge in [0.2, 0.25) is 15.9 Å². The van der Waals surface area contributed by atoms with E-state index in [0.29, 0.717) is 63.1 Å². The monoisotopic (exact) mass is 394 g/mol. The minimum Gasteiger partial charge on any atom is -0.486 e. The number of piperidine rings is 1. The Morgan fingerprint density at radius 3 is 2.48 bits per heavy atom. The van der Waals surface area contributed by atoms with Gasteiger partial charge >= 0.3 is 0 Å². The zero-order valence-corrected chi connectivity index (χ0v) is 16.4. The molecular formula is C19H26N2O5S. The van der Waals surface area contributed by atoms with Crippen LogP contribution in [-0.2, 0) is 14.8 Å². The van der Waals surface area contributed by atoms with Crippen LogP contribution in [0.3, 0.4) is 0 Å². The van der Waals surface area contributed by atoms with Crippen LogP contribution in [0.1, 0.15) is 32.6 Å². The molecule has 0 spiro atoms. The molecule has 0 unspecified atom stereocenters. The molecule has 3 heterocycles. The van der Waals surface area contributed by atoms with E-state index in [1.165, 1.54) is 16.4 Å². The Balaban J connectivity index is 1.56. The van der Waals surface area contributed by atoms with Crippen LogP contribution in [-0.4, -0.2) is 62.4 Å². The van der Waals surface area contributed by atoms with Gasteiger partial charge in [-0.1, -0.05) is 6.92 Å². The van der Waals surface area contributed by atoms with E-state index < -0.39 is 16.1 Å². The minimum atomic E-state index is -3.77. The van der Waals surface area contributed by atoms with Crippen molar-refractivity contribution in [2.75, 3.05) is 32.8 Å². The number of ether oxygens (including phenoxy) is 2. The molecular weight excluding hydrogens is 368 g/mol. The third-order valence-corrected chi connectivity index (χ3v) is 7.61. The molecule has 2 fully saturated rings. The molecule has 3 aliphatic heterocycles. The van der Waals surface area contributed by atoms with Crippen molar-refractivity contribution in [2.45, 2.75) is 43.5 Å². The summed E-state index contributed by atoms with van der Waals surface area (Å²) in [6.45, 7) is 4.85. The van der Waals surface area contributed by atoms with E-state index in [2.05, 4.69) is 6.92 Å². The Bertz CT molecular complexity index is 817. The quantitative estimate of drug-likeness (QED) is 0.782. The van der Waals surface area contributed by atoms with Crippen LogP contribution < -0.4 is 9.47 Å². The standard InChI is InChI=1S/C19H26N2O5S/c1-14-6-9-20(10-7-14)19(22)16-3-2-8-21(16)27(23,24)15-4-5-17-18(13-15)26-12-11-25-17/h4-5,13-14,16H,2-3,6-12H2,1H3/t16-/m0/s1. The van der Waals surface area contributed by atoms with E-state index in [-0.39, 0.29) is 10.8 Å². The van der Waals surface area contributed by atoms with Crippen LogP contribution in [0.5, 0.6) is 11.5 Å². The van der Waals surface area contributed by atoms with Crippen molar-refractivity contribution in [1.82, 2.24) is 9.21 Å². The highest BCUT2D eigenvalue weighted by atomic mass is 32.2. The largest absolute Gasteiger partial charge is 0.486 e. The highest BCUT2D eigenvalue weighted by molar-refractivity contribution is 7.89. The molecule has 7 nitrogen and oxygen atoms in total. The second kappa shape index (κ2) is 7.31. The number of fused-ring (bicyclic) bond motifs is 1. The average molecular weight is 394 g/mol. The maximum absolute atomic E-state index is 13.2. The third kappa shape index (κ3) is 3.52. The normalized spacial score (nSPS) is 24.2. The van der Waals surface area contributed by atoms with Gasteiger partial charge in [-0.25, -0.2) is 8.42 Å². The lowest BCUT2D eigenvalue weighted by atomic mass is 9.98. The summed E-state index contributed by atoms with van der Waals surface area (Å²) in [6.07, 6.45) is 3.24. The molecule has 1 aromatic carbocycles. The van der Waals surface area contributed by atoms with Crippen LogP contribution in [0.4, 0.5) is 0 Å².